The molecule has 1 atom stereocenters. The molecule has 1 N–H and O–H groups in total. The number of alkyl halides is 3. The van der Waals surface area contributed by atoms with Gasteiger partial charge in [0.1, 0.15) is 17.6 Å². The van der Waals surface area contributed by atoms with Crippen molar-refractivity contribution in [2.75, 3.05) is 18.1 Å². The average molecular weight is 546 g/mol. The van der Waals surface area contributed by atoms with E-state index in [0.29, 0.717) is 25.9 Å². The second-order valence-electron chi connectivity index (χ2n) is 10.7. The number of rotatable bonds is 7. The van der Waals surface area contributed by atoms with Crippen LogP contribution in [-0.4, -0.2) is 36.0 Å². The molecular formula is C29H31F4N3O3. The number of likely N-dealkylation sites (N-methyl/N-ethyl adjacent to an activating group) is 1. The summed E-state index contributed by atoms with van der Waals surface area (Å²) in [6.45, 7) is 8.48. The zero-order valence-corrected chi connectivity index (χ0v) is 22.2. The molecule has 6 nitrogen and oxygen atoms in total. The molecule has 0 bridgehead atoms. The molecule has 3 aromatic rings. The third-order valence-corrected chi connectivity index (χ3v) is 6.48. The Morgan fingerprint density at radius 1 is 1.08 bits per heavy atom. The first-order valence-corrected chi connectivity index (χ1v) is 12.7. The van der Waals surface area contributed by atoms with Gasteiger partial charge in [-0.3, -0.25) is 19.6 Å². The van der Waals surface area contributed by atoms with Crippen LogP contribution in [0.25, 0.3) is 11.3 Å². The fourth-order valence-electron chi connectivity index (χ4n) is 4.73. The molecule has 39 heavy (non-hydrogen) atoms. The van der Waals surface area contributed by atoms with E-state index in [4.69, 9.17) is 4.42 Å². The van der Waals surface area contributed by atoms with Crippen molar-refractivity contribution in [3.05, 3.63) is 77.3 Å². The van der Waals surface area contributed by atoms with Gasteiger partial charge >= 0.3 is 6.18 Å². The number of carbonyl (C=O) groups excluding carboxylic acids is 2. The summed E-state index contributed by atoms with van der Waals surface area (Å²) in [5, 5.41) is 6.13. The minimum absolute atomic E-state index is 0.0982. The van der Waals surface area contributed by atoms with Crippen molar-refractivity contribution in [2.24, 2.45) is 5.41 Å². The molecule has 0 radical (unpaired) electrons. The molecule has 208 valence electrons. The number of furan rings is 1. The van der Waals surface area contributed by atoms with E-state index in [-0.39, 0.29) is 34.2 Å². The highest BCUT2D eigenvalue weighted by Gasteiger charge is 2.35. The molecule has 0 fully saturated rings. The Hall–Kier alpha value is -3.82. The van der Waals surface area contributed by atoms with Crippen LogP contribution >= 0.6 is 0 Å². The number of hydrogen-bond donors (Lipinski definition) is 1. The second-order valence-corrected chi connectivity index (χ2v) is 10.7. The van der Waals surface area contributed by atoms with Crippen LogP contribution in [0.1, 0.15) is 55.8 Å². The molecule has 0 saturated carbocycles. The lowest BCUT2D eigenvalue weighted by molar-refractivity contribution is -0.137. The fourth-order valence-corrected chi connectivity index (χ4v) is 4.73. The first kappa shape index (κ1) is 28.2. The smallest absolute Gasteiger partial charge is 0.416 e. The zero-order valence-electron chi connectivity index (χ0n) is 22.2. The van der Waals surface area contributed by atoms with Gasteiger partial charge in [-0.05, 0) is 73.2 Å². The highest BCUT2D eigenvalue weighted by atomic mass is 19.4. The van der Waals surface area contributed by atoms with Crippen LogP contribution < -0.4 is 10.3 Å². The number of carbonyl (C=O) groups is 2. The summed E-state index contributed by atoms with van der Waals surface area (Å²) in [5.41, 5.74) is 0.557. The number of benzene rings is 2. The van der Waals surface area contributed by atoms with Gasteiger partial charge in [-0.15, -0.1) is 0 Å². The third-order valence-electron chi connectivity index (χ3n) is 6.48. The molecular weight excluding hydrogens is 514 g/mol. The molecule has 1 aliphatic heterocycles. The van der Waals surface area contributed by atoms with Gasteiger partial charge < -0.3 is 9.73 Å². The Morgan fingerprint density at radius 2 is 1.82 bits per heavy atom. The summed E-state index contributed by atoms with van der Waals surface area (Å²) < 4.78 is 58.7. The van der Waals surface area contributed by atoms with E-state index >= 15 is 0 Å². The lowest BCUT2D eigenvalue weighted by Crippen LogP contribution is -2.55. The summed E-state index contributed by atoms with van der Waals surface area (Å²) in [7, 11) is 0. The SMILES string of the molecule is CCN(C(=O)C(CC(C)(C)C)NC(=O)c1ccc(-c2cccc(C(F)(F)F)c2)o1)N1CCc2cc(F)ccc21. The fraction of sp³-hybridized carbons (Fsp3) is 0.379. The minimum Gasteiger partial charge on any atom is -0.451 e. The van der Waals surface area contributed by atoms with Gasteiger partial charge in [0.15, 0.2) is 5.76 Å². The third kappa shape index (κ3) is 6.43. The first-order valence-electron chi connectivity index (χ1n) is 12.7. The number of hydrogen-bond acceptors (Lipinski definition) is 4. The number of anilines is 1. The largest absolute Gasteiger partial charge is 0.451 e. The monoisotopic (exact) mass is 545 g/mol. The number of hydrazine groups is 1. The Morgan fingerprint density at radius 3 is 2.49 bits per heavy atom. The number of fused-ring (bicyclic) bond motifs is 1. The van der Waals surface area contributed by atoms with E-state index in [2.05, 4.69) is 5.32 Å². The van der Waals surface area contributed by atoms with Crippen molar-refractivity contribution in [1.29, 1.82) is 0 Å². The summed E-state index contributed by atoms with van der Waals surface area (Å²) in [5.74, 6) is -1.36. The number of nitrogens with one attached hydrogen (secondary N) is 1. The molecule has 4 rings (SSSR count). The Labute approximate surface area is 224 Å². The van der Waals surface area contributed by atoms with Crippen molar-refractivity contribution in [2.45, 2.75) is 52.8 Å². The molecule has 1 aromatic heterocycles. The van der Waals surface area contributed by atoms with E-state index < -0.39 is 23.7 Å². The summed E-state index contributed by atoms with van der Waals surface area (Å²) in [6, 6.07) is 11.0. The lowest BCUT2D eigenvalue weighted by atomic mass is 9.87. The number of nitrogens with zero attached hydrogens (tertiary/aromatic N) is 2. The van der Waals surface area contributed by atoms with Crippen molar-refractivity contribution < 1.29 is 31.6 Å². The Balaban J connectivity index is 1.56. The Kier molecular flexibility index (Phi) is 7.77. The average Bonchev–Trinajstić information content (AvgIpc) is 3.51. The van der Waals surface area contributed by atoms with Gasteiger partial charge in [-0.25, -0.2) is 4.39 Å². The standard InChI is InChI=1S/C29H31F4N3O3/c1-5-35(36-14-13-18-16-21(30)9-10-23(18)36)27(38)22(17-28(2,3)4)34-26(37)25-12-11-24(39-25)19-7-6-8-20(15-19)29(31,32)33/h6-12,15-16,22H,5,13-14,17H2,1-4H3,(H,34,37). The molecule has 2 aromatic carbocycles. The van der Waals surface area contributed by atoms with Gasteiger partial charge in [0.2, 0.25) is 0 Å². The van der Waals surface area contributed by atoms with E-state index in [1.165, 1.54) is 36.4 Å². The van der Waals surface area contributed by atoms with Gasteiger partial charge in [-0.1, -0.05) is 32.9 Å². The van der Waals surface area contributed by atoms with Crippen LogP contribution in [-0.2, 0) is 17.4 Å². The van der Waals surface area contributed by atoms with Gasteiger partial charge in [0, 0.05) is 18.7 Å². The van der Waals surface area contributed by atoms with E-state index in [1.807, 2.05) is 27.7 Å². The van der Waals surface area contributed by atoms with Crippen LogP contribution in [0.15, 0.2) is 59.0 Å². The van der Waals surface area contributed by atoms with E-state index in [0.717, 1.165) is 23.4 Å². The zero-order chi connectivity index (χ0) is 28.5. The highest BCUT2D eigenvalue weighted by Crippen LogP contribution is 2.33. The minimum atomic E-state index is -4.52. The molecule has 0 saturated heterocycles. The summed E-state index contributed by atoms with van der Waals surface area (Å²) in [6.07, 6.45) is -3.62. The second kappa shape index (κ2) is 10.7. The Bertz CT molecular complexity index is 1360. The van der Waals surface area contributed by atoms with Crippen molar-refractivity contribution in [3.63, 3.8) is 0 Å². The normalized spacial score (nSPS) is 14.2. The maximum atomic E-state index is 13.8. The number of halogens is 4. The summed E-state index contributed by atoms with van der Waals surface area (Å²) in [4.78, 5) is 27.0. The molecule has 0 aliphatic carbocycles. The van der Waals surface area contributed by atoms with Crippen LogP contribution in [0.4, 0.5) is 23.2 Å². The van der Waals surface area contributed by atoms with Crippen LogP contribution in [0, 0.1) is 11.2 Å². The van der Waals surface area contributed by atoms with Crippen LogP contribution in [0.2, 0.25) is 0 Å². The topological polar surface area (TPSA) is 65.8 Å². The molecule has 0 spiro atoms. The molecule has 10 heteroatoms. The van der Waals surface area contributed by atoms with Crippen molar-refractivity contribution in [1.82, 2.24) is 10.3 Å². The number of amides is 2. The lowest BCUT2D eigenvalue weighted by Gasteiger charge is -2.37. The van der Waals surface area contributed by atoms with Gasteiger partial charge in [0.25, 0.3) is 11.8 Å². The quantitative estimate of drug-likeness (QED) is 0.346. The van der Waals surface area contributed by atoms with Crippen LogP contribution in [0.5, 0.6) is 0 Å². The van der Waals surface area contributed by atoms with Gasteiger partial charge in [-0.2, -0.15) is 13.2 Å². The predicted molar refractivity (Wildman–Crippen MR) is 139 cm³/mol. The van der Waals surface area contributed by atoms with E-state index in [9.17, 15) is 27.2 Å². The van der Waals surface area contributed by atoms with Crippen molar-refractivity contribution in [3.8, 4) is 11.3 Å². The first-order chi connectivity index (χ1) is 18.3. The molecule has 2 amide bonds. The maximum Gasteiger partial charge on any atom is 0.416 e. The van der Waals surface area contributed by atoms with Crippen molar-refractivity contribution >= 4 is 17.5 Å². The predicted octanol–water partition coefficient (Wildman–Crippen LogP) is 6.47. The molecule has 2 heterocycles. The maximum absolute atomic E-state index is 13.8. The van der Waals surface area contributed by atoms with E-state index in [1.54, 1.807) is 16.1 Å². The summed E-state index contributed by atoms with van der Waals surface area (Å²) >= 11 is 0. The molecule has 1 unspecified atom stereocenters. The molecule has 1 aliphatic rings. The van der Waals surface area contributed by atoms with Crippen LogP contribution in [0.3, 0.4) is 0 Å². The highest BCUT2D eigenvalue weighted by molar-refractivity contribution is 5.96. The van der Waals surface area contributed by atoms with Gasteiger partial charge in [0.05, 0.1) is 11.3 Å².